The number of benzene rings is 1. The third-order valence-corrected chi connectivity index (χ3v) is 7.21. The number of thiazole rings is 1. The molecule has 0 spiro atoms. The standard InChI is InChI=1S/C22H21N5OS2/c28-22(18-5-1-2-6-19(18)30-14-17-13-29-15-23-17)26-11-8-16(9-12-26)21-25-24-20-7-3-4-10-27(20)21/h1-7,10,13,15-16H,8-9,11-12,14H2. The normalized spacial score (nSPS) is 15.0. The molecular weight excluding hydrogens is 414 g/mol. The monoisotopic (exact) mass is 435 g/mol. The molecule has 1 aromatic carbocycles. The smallest absolute Gasteiger partial charge is 0.254 e. The van der Waals surface area contributed by atoms with E-state index in [1.165, 1.54) is 0 Å². The van der Waals surface area contributed by atoms with Gasteiger partial charge in [0.15, 0.2) is 5.65 Å². The zero-order valence-corrected chi connectivity index (χ0v) is 18.0. The number of aromatic nitrogens is 4. The maximum absolute atomic E-state index is 13.3. The van der Waals surface area contributed by atoms with Crippen LogP contribution in [0.4, 0.5) is 0 Å². The summed E-state index contributed by atoms with van der Waals surface area (Å²) in [5.41, 5.74) is 4.55. The van der Waals surface area contributed by atoms with Crippen molar-refractivity contribution in [2.24, 2.45) is 0 Å². The van der Waals surface area contributed by atoms with Crippen molar-refractivity contribution in [1.82, 2.24) is 24.5 Å². The molecule has 0 N–H and O–H groups in total. The molecule has 5 rings (SSSR count). The van der Waals surface area contributed by atoms with Gasteiger partial charge in [-0.1, -0.05) is 18.2 Å². The number of likely N-dealkylation sites (tertiary alicyclic amines) is 1. The van der Waals surface area contributed by atoms with E-state index < -0.39 is 0 Å². The molecule has 4 aromatic rings. The van der Waals surface area contributed by atoms with Crippen LogP contribution >= 0.6 is 23.1 Å². The Balaban J connectivity index is 1.27. The first kappa shape index (κ1) is 19.3. The van der Waals surface area contributed by atoms with Crippen molar-refractivity contribution in [3.05, 3.63) is 76.6 Å². The summed E-state index contributed by atoms with van der Waals surface area (Å²) in [4.78, 5) is 20.6. The predicted molar refractivity (Wildman–Crippen MR) is 119 cm³/mol. The van der Waals surface area contributed by atoms with Gasteiger partial charge in [0.2, 0.25) is 0 Å². The lowest BCUT2D eigenvalue weighted by molar-refractivity contribution is 0.0707. The zero-order chi connectivity index (χ0) is 20.3. The van der Waals surface area contributed by atoms with Crippen LogP contribution in [0.1, 0.15) is 40.6 Å². The molecule has 152 valence electrons. The first-order valence-electron chi connectivity index (χ1n) is 9.97. The minimum atomic E-state index is 0.112. The second-order valence-electron chi connectivity index (χ2n) is 7.32. The van der Waals surface area contributed by atoms with Gasteiger partial charge in [-0.3, -0.25) is 9.20 Å². The Bertz CT molecular complexity index is 1150. The molecule has 30 heavy (non-hydrogen) atoms. The van der Waals surface area contributed by atoms with Crippen LogP contribution in [-0.4, -0.2) is 43.5 Å². The fraction of sp³-hybridized carbons (Fsp3) is 0.273. The third-order valence-electron chi connectivity index (χ3n) is 5.46. The van der Waals surface area contributed by atoms with Crippen molar-refractivity contribution in [2.75, 3.05) is 13.1 Å². The van der Waals surface area contributed by atoms with Gasteiger partial charge in [-0.15, -0.1) is 33.3 Å². The average Bonchev–Trinajstić information content (AvgIpc) is 3.47. The molecule has 1 fully saturated rings. The van der Waals surface area contributed by atoms with E-state index in [0.717, 1.165) is 59.3 Å². The lowest BCUT2D eigenvalue weighted by Crippen LogP contribution is -2.38. The highest BCUT2D eigenvalue weighted by molar-refractivity contribution is 7.98. The molecule has 1 aliphatic rings. The number of amides is 1. The van der Waals surface area contributed by atoms with Gasteiger partial charge < -0.3 is 4.90 Å². The topological polar surface area (TPSA) is 63.4 Å². The van der Waals surface area contributed by atoms with E-state index in [9.17, 15) is 4.79 Å². The Morgan fingerprint density at radius 2 is 1.93 bits per heavy atom. The molecule has 6 nitrogen and oxygen atoms in total. The minimum absolute atomic E-state index is 0.112. The number of fused-ring (bicyclic) bond motifs is 1. The van der Waals surface area contributed by atoms with Crippen molar-refractivity contribution in [3.63, 3.8) is 0 Å². The number of carbonyl (C=O) groups is 1. The van der Waals surface area contributed by atoms with Gasteiger partial charge >= 0.3 is 0 Å². The Labute approximate surface area is 183 Å². The quantitative estimate of drug-likeness (QED) is 0.432. The summed E-state index contributed by atoms with van der Waals surface area (Å²) in [6, 6.07) is 13.8. The number of nitrogens with zero attached hydrogens (tertiary/aromatic N) is 5. The molecule has 1 aliphatic heterocycles. The van der Waals surface area contributed by atoms with Crippen LogP contribution in [0, 0.1) is 0 Å². The van der Waals surface area contributed by atoms with Gasteiger partial charge in [-0.05, 0) is 37.1 Å². The molecule has 1 amide bonds. The van der Waals surface area contributed by atoms with E-state index in [-0.39, 0.29) is 5.91 Å². The van der Waals surface area contributed by atoms with E-state index in [1.54, 1.807) is 23.1 Å². The summed E-state index contributed by atoms with van der Waals surface area (Å²) in [6.07, 6.45) is 3.81. The number of rotatable bonds is 5. The van der Waals surface area contributed by atoms with Gasteiger partial charge in [-0.2, -0.15) is 0 Å². The van der Waals surface area contributed by atoms with E-state index in [4.69, 9.17) is 0 Å². The van der Waals surface area contributed by atoms with Gasteiger partial charge in [0.1, 0.15) is 5.82 Å². The number of pyridine rings is 1. The van der Waals surface area contributed by atoms with Crippen LogP contribution in [0.2, 0.25) is 0 Å². The van der Waals surface area contributed by atoms with Crippen molar-refractivity contribution in [2.45, 2.75) is 29.4 Å². The molecule has 0 aliphatic carbocycles. The fourth-order valence-electron chi connectivity index (χ4n) is 3.88. The van der Waals surface area contributed by atoms with E-state index in [0.29, 0.717) is 5.92 Å². The molecule has 1 saturated heterocycles. The van der Waals surface area contributed by atoms with Crippen LogP contribution < -0.4 is 0 Å². The number of thioether (sulfide) groups is 1. The van der Waals surface area contributed by atoms with E-state index in [2.05, 4.69) is 25.0 Å². The van der Waals surface area contributed by atoms with Crippen LogP contribution in [0.15, 0.2) is 64.4 Å². The summed E-state index contributed by atoms with van der Waals surface area (Å²) < 4.78 is 2.06. The SMILES string of the molecule is O=C(c1ccccc1SCc1cscn1)N1CCC(c2nnc3ccccn23)CC1. The molecule has 4 heterocycles. The fourth-order valence-corrected chi connectivity index (χ4v) is 5.49. The van der Waals surface area contributed by atoms with Crippen LogP contribution in [0.3, 0.4) is 0 Å². The summed E-state index contributed by atoms with van der Waals surface area (Å²) in [5, 5.41) is 10.7. The molecule has 0 atom stereocenters. The lowest BCUT2D eigenvalue weighted by Gasteiger charge is -2.31. The maximum atomic E-state index is 13.3. The highest BCUT2D eigenvalue weighted by Gasteiger charge is 2.28. The van der Waals surface area contributed by atoms with Crippen molar-refractivity contribution >= 4 is 34.7 Å². The molecule has 0 saturated carbocycles. The van der Waals surface area contributed by atoms with Crippen molar-refractivity contribution in [3.8, 4) is 0 Å². The Morgan fingerprint density at radius 3 is 2.77 bits per heavy atom. The second-order valence-corrected chi connectivity index (χ2v) is 9.05. The Hall–Kier alpha value is -2.71. The predicted octanol–water partition coefficient (Wildman–Crippen LogP) is 4.50. The first-order valence-corrected chi connectivity index (χ1v) is 11.9. The van der Waals surface area contributed by atoms with E-state index >= 15 is 0 Å². The van der Waals surface area contributed by atoms with Crippen LogP contribution in [0.5, 0.6) is 0 Å². The number of hydrogen-bond donors (Lipinski definition) is 0. The van der Waals surface area contributed by atoms with Gasteiger partial charge in [-0.25, -0.2) is 4.98 Å². The van der Waals surface area contributed by atoms with E-state index in [1.807, 2.05) is 59.1 Å². The Morgan fingerprint density at radius 1 is 1.10 bits per heavy atom. The Kier molecular flexibility index (Phi) is 5.50. The highest BCUT2D eigenvalue weighted by Crippen LogP contribution is 2.31. The molecule has 3 aromatic heterocycles. The molecule has 8 heteroatoms. The first-order chi connectivity index (χ1) is 14.8. The largest absolute Gasteiger partial charge is 0.339 e. The highest BCUT2D eigenvalue weighted by atomic mass is 32.2. The summed E-state index contributed by atoms with van der Waals surface area (Å²) >= 11 is 3.27. The van der Waals surface area contributed by atoms with Crippen LogP contribution in [-0.2, 0) is 5.75 Å². The maximum Gasteiger partial charge on any atom is 0.254 e. The number of hydrogen-bond acceptors (Lipinski definition) is 6. The second kappa shape index (κ2) is 8.57. The van der Waals surface area contributed by atoms with Gasteiger partial charge in [0.05, 0.1) is 16.8 Å². The van der Waals surface area contributed by atoms with Crippen molar-refractivity contribution < 1.29 is 4.79 Å². The molecule has 0 unspecified atom stereocenters. The molecule has 0 radical (unpaired) electrons. The number of piperidine rings is 1. The number of carbonyl (C=O) groups excluding carboxylic acids is 1. The lowest BCUT2D eigenvalue weighted by atomic mass is 9.95. The third kappa shape index (κ3) is 3.85. The molecular formula is C22H21N5OS2. The summed E-state index contributed by atoms with van der Waals surface area (Å²) in [5.74, 6) is 2.20. The molecule has 0 bridgehead atoms. The zero-order valence-electron chi connectivity index (χ0n) is 16.3. The summed E-state index contributed by atoms with van der Waals surface area (Å²) in [7, 11) is 0. The minimum Gasteiger partial charge on any atom is -0.339 e. The van der Waals surface area contributed by atoms with Crippen molar-refractivity contribution in [1.29, 1.82) is 0 Å². The van der Waals surface area contributed by atoms with Gasteiger partial charge in [0, 0.05) is 41.2 Å². The summed E-state index contributed by atoms with van der Waals surface area (Å²) in [6.45, 7) is 1.46. The average molecular weight is 436 g/mol. The van der Waals surface area contributed by atoms with Crippen LogP contribution in [0.25, 0.3) is 5.65 Å². The van der Waals surface area contributed by atoms with Gasteiger partial charge in [0.25, 0.3) is 5.91 Å².